The van der Waals surface area contributed by atoms with E-state index < -0.39 is 42.3 Å². The van der Waals surface area contributed by atoms with Gasteiger partial charge in [0.1, 0.15) is 11.7 Å². The number of aromatic amines is 1. The molecule has 1 aromatic carbocycles. The molecule has 15 heteroatoms. The zero-order chi connectivity index (χ0) is 25.7. The van der Waals surface area contributed by atoms with Gasteiger partial charge in [-0.2, -0.15) is 4.98 Å². The summed E-state index contributed by atoms with van der Waals surface area (Å²) in [4.78, 5) is 65.9. The number of carboxylic acids is 2. The van der Waals surface area contributed by atoms with Crippen molar-refractivity contribution in [2.45, 2.75) is 24.9 Å². The van der Waals surface area contributed by atoms with Crippen LogP contribution in [0, 0.1) is 5.21 Å². The van der Waals surface area contributed by atoms with E-state index in [-0.39, 0.29) is 40.7 Å². The van der Waals surface area contributed by atoms with E-state index in [0.717, 1.165) is 0 Å². The van der Waals surface area contributed by atoms with Crippen molar-refractivity contribution in [3.8, 4) is 0 Å². The quantitative estimate of drug-likeness (QED) is 0.183. The number of aromatic nitrogens is 2. The Morgan fingerprint density at radius 1 is 1.26 bits per heavy atom. The Morgan fingerprint density at radius 2 is 1.94 bits per heavy atom. The molecule has 15 nitrogen and oxygen atoms in total. The molecular formula is C20H22N7O8-. The number of anilines is 4. The Balaban J connectivity index is 1.69. The number of hydroxylamine groups is 2. The van der Waals surface area contributed by atoms with E-state index in [1.54, 1.807) is 0 Å². The number of carboxylic acid groups (broad SMARTS) is 2. The van der Waals surface area contributed by atoms with E-state index in [2.05, 4.69) is 20.6 Å². The molecule has 1 aromatic heterocycles. The fraction of sp³-hybridized carbons (Fsp3) is 0.300. The lowest BCUT2D eigenvalue weighted by molar-refractivity contribution is -0.142. The van der Waals surface area contributed by atoms with Crippen LogP contribution in [0.15, 0.2) is 29.1 Å². The maximum atomic E-state index is 12.4. The molecule has 1 aliphatic heterocycles. The van der Waals surface area contributed by atoms with E-state index in [1.807, 2.05) is 0 Å². The number of benzene rings is 1. The molecule has 1 aliphatic rings. The molecular weight excluding hydrogens is 466 g/mol. The van der Waals surface area contributed by atoms with Crippen molar-refractivity contribution in [1.82, 2.24) is 15.0 Å². The highest BCUT2D eigenvalue weighted by atomic mass is 16.5. The van der Waals surface area contributed by atoms with E-state index in [0.29, 0.717) is 18.6 Å². The minimum Gasteiger partial charge on any atom is -0.755 e. The first-order valence-electron chi connectivity index (χ1n) is 10.3. The van der Waals surface area contributed by atoms with Crippen LogP contribution >= 0.6 is 0 Å². The van der Waals surface area contributed by atoms with Gasteiger partial charge in [-0.1, -0.05) is 0 Å². The molecule has 0 bridgehead atoms. The molecule has 0 aliphatic carbocycles. The average Bonchev–Trinajstić information content (AvgIpc) is 2.82. The summed E-state index contributed by atoms with van der Waals surface area (Å²) in [5.41, 5.74) is 5.44. The van der Waals surface area contributed by atoms with Gasteiger partial charge in [-0.3, -0.25) is 29.0 Å². The minimum atomic E-state index is -1.86. The van der Waals surface area contributed by atoms with Gasteiger partial charge in [0, 0.05) is 30.8 Å². The van der Waals surface area contributed by atoms with E-state index in [9.17, 15) is 34.3 Å². The summed E-state index contributed by atoms with van der Waals surface area (Å²) in [7, 11) is 0. The molecule has 0 spiro atoms. The zero-order valence-corrected chi connectivity index (χ0v) is 18.1. The fourth-order valence-electron chi connectivity index (χ4n) is 3.45. The Morgan fingerprint density at radius 3 is 2.54 bits per heavy atom. The predicted molar refractivity (Wildman–Crippen MR) is 123 cm³/mol. The molecule has 0 saturated heterocycles. The number of nitrogens with zero attached hydrogens (tertiary/aromatic N) is 3. The Labute approximate surface area is 197 Å². The molecule has 3 rings (SSSR count). The predicted octanol–water partition coefficient (Wildman–Crippen LogP) is -0.521. The molecule has 2 heterocycles. The highest BCUT2D eigenvalue weighted by Crippen LogP contribution is 2.22. The molecule has 2 amide bonds. The minimum absolute atomic E-state index is 0.0427. The van der Waals surface area contributed by atoms with E-state index in [1.165, 1.54) is 29.2 Å². The number of H-pyrrole nitrogens is 1. The van der Waals surface area contributed by atoms with Crippen molar-refractivity contribution in [2.75, 3.05) is 34.4 Å². The van der Waals surface area contributed by atoms with Gasteiger partial charge in [0.2, 0.25) is 18.3 Å². The molecule has 2 atom stereocenters. The second-order valence-electron chi connectivity index (χ2n) is 7.62. The maximum absolute atomic E-state index is 12.4. The standard InChI is InChI=1S/C20H22N7O8/c21-20-24-16-15(17(31)25-20)23-11(7-22-16)8-26(9-28)12-3-1-10(2-4-12)18(32)27(35)13(19(33)34)5-6-14(29)30/h1-4,9,11,13,23H,5-8H2,(H,29,30)(H,33,34)(H4,21,22,24,25,31)/q-1/t11?,13-/m0/s1. The Kier molecular flexibility index (Phi) is 7.50. The van der Waals surface area contributed by atoms with Crippen molar-refractivity contribution in [3.63, 3.8) is 0 Å². The Bertz CT molecular complexity index is 1180. The highest BCUT2D eigenvalue weighted by Gasteiger charge is 2.26. The number of nitrogen functional groups attached to an aromatic ring is 1. The molecule has 0 saturated carbocycles. The van der Waals surface area contributed by atoms with Crippen LogP contribution in [0.3, 0.4) is 0 Å². The normalized spacial score (nSPS) is 15.1. The van der Waals surface area contributed by atoms with Gasteiger partial charge in [-0.25, -0.2) is 0 Å². The summed E-state index contributed by atoms with van der Waals surface area (Å²) in [6, 6.07) is 3.03. The van der Waals surface area contributed by atoms with Crippen LogP contribution in [0.1, 0.15) is 23.2 Å². The van der Waals surface area contributed by atoms with Crippen LogP contribution < -0.4 is 26.8 Å². The van der Waals surface area contributed by atoms with Crippen molar-refractivity contribution in [2.24, 2.45) is 0 Å². The van der Waals surface area contributed by atoms with Gasteiger partial charge in [-0.05, 0) is 30.7 Å². The monoisotopic (exact) mass is 488 g/mol. The summed E-state index contributed by atoms with van der Waals surface area (Å²) in [5, 5.41) is 35.8. The molecule has 7 N–H and O–H groups in total. The van der Waals surface area contributed by atoms with Crippen molar-refractivity contribution in [1.29, 1.82) is 0 Å². The van der Waals surface area contributed by atoms with Crippen molar-refractivity contribution >= 4 is 47.4 Å². The number of carbonyl (C=O) groups excluding carboxylic acids is 2. The third-order valence-electron chi connectivity index (χ3n) is 5.19. The second kappa shape index (κ2) is 10.5. The lowest BCUT2D eigenvalue weighted by atomic mass is 10.1. The summed E-state index contributed by atoms with van der Waals surface area (Å²) < 4.78 is 0. The topological polar surface area (TPSA) is 234 Å². The third kappa shape index (κ3) is 5.83. The number of carbonyl (C=O) groups is 4. The van der Waals surface area contributed by atoms with Gasteiger partial charge in [0.15, 0.2) is 5.82 Å². The van der Waals surface area contributed by atoms with E-state index >= 15 is 0 Å². The van der Waals surface area contributed by atoms with Gasteiger partial charge < -0.3 is 41.8 Å². The van der Waals surface area contributed by atoms with Crippen LogP contribution in [0.2, 0.25) is 0 Å². The highest BCUT2D eigenvalue weighted by molar-refractivity contribution is 5.97. The summed E-state index contributed by atoms with van der Waals surface area (Å²) in [6.07, 6.45) is -0.598. The largest absolute Gasteiger partial charge is 0.755 e. The summed E-state index contributed by atoms with van der Waals surface area (Å²) in [5.74, 6) is -3.84. The van der Waals surface area contributed by atoms with Crippen molar-refractivity contribution in [3.05, 3.63) is 45.4 Å². The smallest absolute Gasteiger partial charge is 0.325 e. The molecule has 1 unspecified atom stereocenters. The molecule has 186 valence electrons. The zero-order valence-electron chi connectivity index (χ0n) is 18.1. The lowest BCUT2D eigenvalue weighted by Crippen LogP contribution is -2.45. The summed E-state index contributed by atoms with van der Waals surface area (Å²) in [6.45, 7) is 0.443. The number of aliphatic carboxylic acids is 2. The maximum Gasteiger partial charge on any atom is 0.325 e. The van der Waals surface area contributed by atoms with Gasteiger partial charge >= 0.3 is 11.9 Å². The van der Waals surface area contributed by atoms with Crippen LogP contribution in [0.5, 0.6) is 0 Å². The molecule has 0 fully saturated rings. The van der Waals surface area contributed by atoms with Crippen LogP contribution in [0.4, 0.5) is 23.1 Å². The lowest BCUT2D eigenvalue weighted by Gasteiger charge is -2.34. The number of hydrogen-bond acceptors (Lipinski definition) is 10. The first-order chi connectivity index (χ1) is 16.6. The number of nitrogens with one attached hydrogen (secondary N) is 3. The Hall–Kier alpha value is -4.66. The van der Waals surface area contributed by atoms with Gasteiger partial charge in [0.25, 0.3) is 5.56 Å². The average molecular weight is 488 g/mol. The van der Waals surface area contributed by atoms with Crippen molar-refractivity contribution < 1.29 is 29.4 Å². The van der Waals surface area contributed by atoms with Gasteiger partial charge in [0.05, 0.1) is 6.04 Å². The first-order valence-corrected chi connectivity index (χ1v) is 10.3. The molecule has 2 aromatic rings. The van der Waals surface area contributed by atoms with Crippen LogP contribution in [-0.2, 0) is 14.4 Å². The fourth-order valence-corrected chi connectivity index (χ4v) is 3.45. The number of fused-ring (bicyclic) bond motifs is 1. The number of nitrogens with two attached hydrogens (primary N) is 1. The number of rotatable bonds is 10. The number of hydrogen-bond donors (Lipinski definition) is 6. The van der Waals surface area contributed by atoms with Crippen LogP contribution in [0.25, 0.3) is 0 Å². The molecule has 35 heavy (non-hydrogen) atoms. The second-order valence-corrected chi connectivity index (χ2v) is 7.62. The SMILES string of the molecule is Nc1nc2c(c(=O)[nH]1)NC(CN(C=O)c1ccc(C(=O)N([O-])[C@@H](CCC(=O)O)C(=O)O)cc1)CN2. The summed E-state index contributed by atoms with van der Waals surface area (Å²) >= 11 is 0. The van der Waals surface area contributed by atoms with E-state index in [4.69, 9.17) is 10.8 Å². The first kappa shape index (κ1) is 25.0. The third-order valence-corrected chi connectivity index (χ3v) is 5.19. The van der Waals surface area contributed by atoms with Crippen LogP contribution in [-0.4, -0.2) is 74.7 Å². The number of amides is 2. The molecule has 0 radical (unpaired) electrons. The van der Waals surface area contributed by atoms with Gasteiger partial charge in [-0.15, -0.1) is 0 Å².